The number of benzene rings is 1. The minimum atomic E-state index is -0.699. The number of nitrogens with zero attached hydrogens (tertiary/aromatic N) is 1. The zero-order valence-corrected chi connectivity index (χ0v) is 13.1. The van der Waals surface area contributed by atoms with Crippen molar-refractivity contribution in [2.24, 2.45) is 5.92 Å². The third-order valence-corrected chi connectivity index (χ3v) is 3.89. The first-order valence-corrected chi connectivity index (χ1v) is 7.52. The van der Waals surface area contributed by atoms with Crippen LogP contribution in [0.2, 0.25) is 0 Å². The van der Waals surface area contributed by atoms with Gasteiger partial charge in [0.1, 0.15) is 12.4 Å². The number of carboxylic acids is 1. The van der Waals surface area contributed by atoms with E-state index in [0.29, 0.717) is 12.5 Å². The molecule has 1 aliphatic heterocycles. The Morgan fingerprint density at radius 1 is 1.29 bits per heavy atom. The molecule has 0 radical (unpaired) electrons. The molecule has 0 unspecified atom stereocenters. The summed E-state index contributed by atoms with van der Waals surface area (Å²) < 4.78 is 5.74. The largest absolute Gasteiger partial charge is 0.492 e. The van der Waals surface area contributed by atoms with E-state index in [0.717, 1.165) is 25.4 Å². The summed E-state index contributed by atoms with van der Waals surface area (Å²) >= 11 is 0. The molecule has 0 aliphatic carbocycles. The molecule has 4 nitrogen and oxygen atoms in total. The van der Waals surface area contributed by atoms with Crippen molar-refractivity contribution in [3.05, 3.63) is 29.8 Å². The summed E-state index contributed by atoms with van der Waals surface area (Å²) in [5.74, 6) is 0.508. The van der Waals surface area contributed by atoms with Crippen LogP contribution in [0.15, 0.2) is 24.3 Å². The number of rotatable bonds is 6. The normalized spacial score (nSPS) is 16.5. The van der Waals surface area contributed by atoms with Crippen LogP contribution in [0.4, 0.5) is 0 Å². The van der Waals surface area contributed by atoms with Crippen molar-refractivity contribution in [3.63, 3.8) is 0 Å². The molecule has 1 heterocycles. The summed E-state index contributed by atoms with van der Waals surface area (Å²) in [6.07, 6.45) is 0.283. The molecule has 116 valence electrons. The Hall–Kier alpha value is -1.55. The minimum absolute atomic E-state index is 0.162. The Bertz CT molecular complexity index is 470. The van der Waals surface area contributed by atoms with Crippen LogP contribution >= 0.6 is 0 Å². The Kier molecular flexibility index (Phi) is 4.88. The number of carbonyl (C=O) groups is 1. The van der Waals surface area contributed by atoms with Gasteiger partial charge in [0, 0.05) is 19.6 Å². The maximum Gasteiger partial charge on any atom is 0.303 e. The molecule has 1 fully saturated rings. The van der Waals surface area contributed by atoms with Crippen molar-refractivity contribution in [1.29, 1.82) is 0 Å². The third kappa shape index (κ3) is 4.74. The molecular weight excluding hydrogens is 266 g/mol. The van der Waals surface area contributed by atoms with Gasteiger partial charge in [0.15, 0.2) is 0 Å². The Balaban J connectivity index is 1.67. The summed E-state index contributed by atoms with van der Waals surface area (Å²) in [6, 6.07) is 8.26. The van der Waals surface area contributed by atoms with Gasteiger partial charge in [-0.25, -0.2) is 0 Å². The predicted molar refractivity (Wildman–Crippen MR) is 82.8 cm³/mol. The highest BCUT2D eigenvalue weighted by atomic mass is 16.5. The summed E-state index contributed by atoms with van der Waals surface area (Å²) in [5, 5.41) is 8.70. The minimum Gasteiger partial charge on any atom is -0.492 e. The highest BCUT2D eigenvalue weighted by Gasteiger charge is 2.27. The monoisotopic (exact) mass is 291 g/mol. The number of carboxylic acid groups (broad SMARTS) is 1. The van der Waals surface area contributed by atoms with E-state index in [1.165, 1.54) is 5.56 Å². The fourth-order valence-electron chi connectivity index (χ4n) is 2.58. The van der Waals surface area contributed by atoms with Crippen molar-refractivity contribution < 1.29 is 14.6 Å². The highest BCUT2D eigenvalue weighted by molar-refractivity contribution is 5.67. The smallest absolute Gasteiger partial charge is 0.303 e. The van der Waals surface area contributed by atoms with Crippen molar-refractivity contribution in [2.75, 3.05) is 26.2 Å². The zero-order valence-electron chi connectivity index (χ0n) is 13.1. The van der Waals surface area contributed by atoms with Gasteiger partial charge in [-0.3, -0.25) is 9.69 Å². The summed E-state index contributed by atoms with van der Waals surface area (Å²) in [5.41, 5.74) is 1.46. The molecule has 0 spiro atoms. The number of aliphatic carboxylic acids is 1. The first-order valence-electron chi connectivity index (χ1n) is 7.52. The van der Waals surface area contributed by atoms with Crippen LogP contribution < -0.4 is 4.74 Å². The topological polar surface area (TPSA) is 49.8 Å². The van der Waals surface area contributed by atoms with Gasteiger partial charge in [-0.1, -0.05) is 32.9 Å². The van der Waals surface area contributed by atoms with Crippen LogP contribution in [0.25, 0.3) is 0 Å². The van der Waals surface area contributed by atoms with E-state index in [1.54, 1.807) is 0 Å². The molecule has 1 saturated heterocycles. The van der Waals surface area contributed by atoms with Crippen molar-refractivity contribution >= 4 is 5.97 Å². The van der Waals surface area contributed by atoms with E-state index >= 15 is 0 Å². The second-order valence-electron chi connectivity index (χ2n) is 6.85. The first-order chi connectivity index (χ1) is 9.84. The molecule has 1 aromatic rings. The molecule has 1 aliphatic rings. The van der Waals surface area contributed by atoms with Crippen LogP contribution in [0.1, 0.15) is 32.8 Å². The van der Waals surface area contributed by atoms with Gasteiger partial charge in [0.25, 0.3) is 0 Å². The Morgan fingerprint density at radius 3 is 2.43 bits per heavy atom. The van der Waals surface area contributed by atoms with Crippen LogP contribution in [0.5, 0.6) is 5.75 Å². The van der Waals surface area contributed by atoms with Gasteiger partial charge in [0.05, 0.1) is 6.42 Å². The maximum atomic E-state index is 10.6. The lowest BCUT2D eigenvalue weighted by Crippen LogP contribution is -2.48. The molecule has 0 atom stereocenters. The van der Waals surface area contributed by atoms with Crippen LogP contribution in [0.3, 0.4) is 0 Å². The number of hydrogen-bond donors (Lipinski definition) is 1. The molecule has 0 aromatic heterocycles. The van der Waals surface area contributed by atoms with Gasteiger partial charge in [-0.15, -0.1) is 0 Å². The maximum absolute atomic E-state index is 10.6. The molecule has 0 saturated carbocycles. The lowest BCUT2D eigenvalue weighted by molar-refractivity contribution is -0.139. The average molecular weight is 291 g/mol. The van der Waals surface area contributed by atoms with Crippen molar-refractivity contribution in [1.82, 2.24) is 4.90 Å². The van der Waals surface area contributed by atoms with Gasteiger partial charge in [0.2, 0.25) is 0 Å². The van der Waals surface area contributed by atoms with Crippen molar-refractivity contribution in [2.45, 2.75) is 32.6 Å². The molecule has 2 rings (SSSR count). The fourth-order valence-corrected chi connectivity index (χ4v) is 2.58. The summed E-state index contributed by atoms with van der Waals surface area (Å²) in [7, 11) is 0. The van der Waals surface area contributed by atoms with Gasteiger partial charge < -0.3 is 9.84 Å². The number of hydrogen-bond acceptors (Lipinski definition) is 3. The zero-order chi connectivity index (χ0) is 15.5. The number of ether oxygens (including phenoxy) is 1. The molecule has 4 heteroatoms. The SMILES string of the molecule is CC(C)(C)c1ccc(OCCN2CC(CC(=O)O)C2)cc1. The van der Waals surface area contributed by atoms with E-state index in [1.807, 2.05) is 12.1 Å². The molecule has 0 bridgehead atoms. The molecule has 21 heavy (non-hydrogen) atoms. The molecule has 1 N–H and O–H groups in total. The fraction of sp³-hybridized carbons (Fsp3) is 0.588. The van der Waals surface area contributed by atoms with E-state index < -0.39 is 5.97 Å². The highest BCUT2D eigenvalue weighted by Crippen LogP contribution is 2.24. The lowest BCUT2D eigenvalue weighted by Gasteiger charge is -2.38. The average Bonchev–Trinajstić information content (AvgIpc) is 2.34. The van der Waals surface area contributed by atoms with E-state index in [9.17, 15) is 4.79 Å². The van der Waals surface area contributed by atoms with Crippen molar-refractivity contribution in [3.8, 4) is 5.75 Å². The van der Waals surface area contributed by atoms with Crippen LogP contribution in [-0.4, -0.2) is 42.2 Å². The molecule has 1 aromatic carbocycles. The summed E-state index contributed by atoms with van der Waals surface area (Å²) in [6.45, 7) is 9.84. The van der Waals surface area contributed by atoms with E-state index in [4.69, 9.17) is 9.84 Å². The van der Waals surface area contributed by atoms with Gasteiger partial charge in [-0.05, 0) is 29.0 Å². The molecule has 0 amide bonds. The standard InChI is InChI=1S/C17H25NO3/c1-17(2,3)14-4-6-15(7-5-14)21-9-8-18-11-13(12-18)10-16(19)20/h4-7,13H,8-12H2,1-3H3,(H,19,20). The Morgan fingerprint density at radius 2 is 1.90 bits per heavy atom. The molecular formula is C17H25NO3. The second-order valence-corrected chi connectivity index (χ2v) is 6.85. The quantitative estimate of drug-likeness (QED) is 0.875. The lowest BCUT2D eigenvalue weighted by atomic mass is 9.87. The van der Waals surface area contributed by atoms with Gasteiger partial charge in [-0.2, -0.15) is 0 Å². The number of likely N-dealkylation sites (tertiary alicyclic amines) is 1. The first kappa shape index (κ1) is 15.8. The van der Waals surface area contributed by atoms with Crippen LogP contribution in [0, 0.1) is 5.92 Å². The van der Waals surface area contributed by atoms with Crippen LogP contribution in [-0.2, 0) is 10.2 Å². The van der Waals surface area contributed by atoms with Gasteiger partial charge >= 0.3 is 5.97 Å². The van der Waals surface area contributed by atoms with E-state index in [2.05, 4.69) is 37.8 Å². The predicted octanol–water partition coefficient (Wildman–Crippen LogP) is 2.77. The summed E-state index contributed by atoms with van der Waals surface area (Å²) in [4.78, 5) is 12.8. The third-order valence-electron chi connectivity index (χ3n) is 3.89. The second kappa shape index (κ2) is 6.48. The Labute approximate surface area is 126 Å². The van der Waals surface area contributed by atoms with E-state index in [-0.39, 0.29) is 11.8 Å².